The molecule has 2 heteroatoms. The third kappa shape index (κ3) is 4.02. The Morgan fingerprint density at radius 3 is 2.78 bits per heavy atom. The summed E-state index contributed by atoms with van der Waals surface area (Å²) in [7, 11) is 0. The molecule has 18 heavy (non-hydrogen) atoms. The van der Waals surface area contributed by atoms with Crippen molar-refractivity contribution in [2.24, 2.45) is 11.8 Å². The summed E-state index contributed by atoms with van der Waals surface area (Å²) in [6.07, 6.45) is 10.4. The summed E-state index contributed by atoms with van der Waals surface area (Å²) in [5.41, 5.74) is 1.89. The Bertz CT molecular complexity index is 388. The number of hydrogen-bond acceptors (Lipinski definition) is 2. The van der Waals surface area contributed by atoms with Crippen LogP contribution in [0.2, 0.25) is 0 Å². The van der Waals surface area contributed by atoms with E-state index in [1.54, 1.807) is 6.92 Å². The molecule has 1 aliphatic rings. The van der Waals surface area contributed by atoms with E-state index in [9.17, 15) is 4.79 Å². The van der Waals surface area contributed by atoms with E-state index in [-0.39, 0.29) is 5.97 Å². The van der Waals surface area contributed by atoms with Crippen molar-refractivity contribution in [3.05, 3.63) is 48.6 Å². The maximum Gasteiger partial charge on any atom is 0.333 e. The molecule has 0 spiro atoms. The highest BCUT2D eigenvalue weighted by Gasteiger charge is 2.24. The molecule has 2 atom stereocenters. The van der Waals surface area contributed by atoms with Gasteiger partial charge in [-0.2, -0.15) is 0 Å². The topological polar surface area (TPSA) is 26.3 Å². The maximum atomic E-state index is 11.2. The molecule has 1 fully saturated rings. The van der Waals surface area contributed by atoms with E-state index in [0.717, 1.165) is 12.8 Å². The molecule has 0 aromatic carbocycles. The number of carbonyl (C=O) groups is 1. The third-order valence-electron chi connectivity index (χ3n) is 3.25. The molecule has 98 valence electrons. The third-order valence-corrected chi connectivity index (χ3v) is 3.25. The van der Waals surface area contributed by atoms with Gasteiger partial charge in [-0.3, -0.25) is 0 Å². The SMILES string of the molecule is C=CC1CC(/C=C/COC(=O)C(=C)C)C/C1=C\C. The zero-order valence-corrected chi connectivity index (χ0v) is 11.3. The molecular weight excluding hydrogens is 224 g/mol. The van der Waals surface area contributed by atoms with Gasteiger partial charge in [0.2, 0.25) is 0 Å². The first-order valence-corrected chi connectivity index (χ1v) is 6.35. The maximum absolute atomic E-state index is 11.2. The quantitative estimate of drug-likeness (QED) is 0.419. The molecule has 1 rings (SSSR count). The fourth-order valence-corrected chi connectivity index (χ4v) is 2.24. The molecule has 1 aliphatic carbocycles. The Morgan fingerprint density at radius 2 is 2.28 bits per heavy atom. The van der Waals surface area contributed by atoms with Gasteiger partial charge in [-0.15, -0.1) is 6.58 Å². The van der Waals surface area contributed by atoms with Crippen LogP contribution in [0.1, 0.15) is 26.7 Å². The Hall–Kier alpha value is -1.57. The lowest BCUT2D eigenvalue weighted by Crippen LogP contribution is -2.04. The minimum atomic E-state index is -0.329. The highest BCUT2D eigenvalue weighted by Crippen LogP contribution is 2.37. The summed E-state index contributed by atoms with van der Waals surface area (Å²) in [6.45, 7) is 11.5. The Balaban J connectivity index is 2.38. The summed E-state index contributed by atoms with van der Waals surface area (Å²) >= 11 is 0. The van der Waals surface area contributed by atoms with Crippen molar-refractivity contribution < 1.29 is 9.53 Å². The highest BCUT2D eigenvalue weighted by atomic mass is 16.5. The van der Waals surface area contributed by atoms with Gasteiger partial charge in [-0.1, -0.05) is 36.5 Å². The fourth-order valence-electron chi connectivity index (χ4n) is 2.24. The number of rotatable bonds is 5. The smallest absolute Gasteiger partial charge is 0.333 e. The van der Waals surface area contributed by atoms with Gasteiger partial charge in [0.1, 0.15) is 6.61 Å². The average Bonchev–Trinajstić information content (AvgIpc) is 2.76. The number of allylic oxidation sites excluding steroid dienone is 4. The lowest BCUT2D eigenvalue weighted by Gasteiger charge is -2.03. The number of carbonyl (C=O) groups excluding carboxylic acids is 1. The predicted molar refractivity (Wildman–Crippen MR) is 75.1 cm³/mol. The van der Waals surface area contributed by atoms with Crippen LogP contribution in [0.5, 0.6) is 0 Å². The van der Waals surface area contributed by atoms with E-state index in [1.807, 2.05) is 12.2 Å². The molecular formula is C16H22O2. The Labute approximate surface area is 110 Å². The van der Waals surface area contributed by atoms with E-state index < -0.39 is 0 Å². The minimum absolute atomic E-state index is 0.326. The van der Waals surface area contributed by atoms with E-state index in [1.165, 1.54) is 5.57 Å². The average molecular weight is 246 g/mol. The monoisotopic (exact) mass is 246 g/mol. The first-order valence-electron chi connectivity index (χ1n) is 6.35. The van der Waals surface area contributed by atoms with Crippen molar-refractivity contribution in [2.45, 2.75) is 26.7 Å². The second-order valence-electron chi connectivity index (χ2n) is 4.71. The van der Waals surface area contributed by atoms with Crippen LogP contribution in [-0.4, -0.2) is 12.6 Å². The molecule has 0 radical (unpaired) electrons. The van der Waals surface area contributed by atoms with Gasteiger partial charge >= 0.3 is 5.97 Å². The van der Waals surface area contributed by atoms with Crippen molar-refractivity contribution >= 4 is 5.97 Å². The van der Waals surface area contributed by atoms with E-state index >= 15 is 0 Å². The number of ether oxygens (including phenoxy) is 1. The molecule has 2 nitrogen and oxygen atoms in total. The number of esters is 1. The molecule has 1 saturated carbocycles. The van der Waals surface area contributed by atoms with E-state index in [4.69, 9.17) is 4.74 Å². The van der Waals surface area contributed by atoms with Crippen LogP contribution in [0.15, 0.2) is 48.6 Å². The van der Waals surface area contributed by atoms with Crippen LogP contribution in [0.3, 0.4) is 0 Å². The van der Waals surface area contributed by atoms with Gasteiger partial charge in [-0.25, -0.2) is 4.79 Å². The van der Waals surface area contributed by atoms with Gasteiger partial charge in [0.25, 0.3) is 0 Å². The minimum Gasteiger partial charge on any atom is -0.458 e. The summed E-state index contributed by atoms with van der Waals surface area (Å²) in [5.74, 6) is 0.703. The van der Waals surface area contributed by atoms with Crippen LogP contribution in [0, 0.1) is 11.8 Å². The summed E-state index contributed by atoms with van der Waals surface area (Å²) in [5, 5.41) is 0. The van der Waals surface area contributed by atoms with Crippen molar-refractivity contribution in [3.8, 4) is 0 Å². The molecule has 0 aliphatic heterocycles. The lowest BCUT2D eigenvalue weighted by molar-refractivity contribution is -0.137. The zero-order valence-electron chi connectivity index (χ0n) is 11.3. The molecule has 0 aromatic rings. The Kier molecular flexibility index (Phi) is 5.63. The first kappa shape index (κ1) is 14.5. The molecule has 0 saturated heterocycles. The van der Waals surface area contributed by atoms with Gasteiger partial charge in [0.05, 0.1) is 0 Å². The molecule has 2 unspecified atom stereocenters. The molecule has 0 N–H and O–H groups in total. The van der Waals surface area contributed by atoms with Crippen LogP contribution >= 0.6 is 0 Å². The lowest BCUT2D eigenvalue weighted by atomic mass is 10.0. The molecule has 0 bridgehead atoms. The fraction of sp³-hybridized carbons (Fsp3) is 0.438. The van der Waals surface area contributed by atoms with Crippen LogP contribution in [-0.2, 0) is 9.53 Å². The van der Waals surface area contributed by atoms with Crippen molar-refractivity contribution in [3.63, 3.8) is 0 Å². The highest BCUT2D eigenvalue weighted by molar-refractivity contribution is 5.86. The van der Waals surface area contributed by atoms with Crippen molar-refractivity contribution in [2.75, 3.05) is 6.61 Å². The van der Waals surface area contributed by atoms with Gasteiger partial charge in [0.15, 0.2) is 0 Å². The summed E-state index contributed by atoms with van der Waals surface area (Å²) < 4.78 is 5.01. The first-order chi connectivity index (χ1) is 8.58. The van der Waals surface area contributed by atoms with Crippen LogP contribution in [0.4, 0.5) is 0 Å². The van der Waals surface area contributed by atoms with Crippen molar-refractivity contribution in [1.29, 1.82) is 0 Å². The second-order valence-corrected chi connectivity index (χ2v) is 4.71. The summed E-state index contributed by atoms with van der Waals surface area (Å²) in [4.78, 5) is 11.2. The van der Waals surface area contributed by atoms with Gasteiger partial charge in [0, 0.05) is 5.57 Å². The van der Waals surface area contributed by atoms with Gasteiger partial charge < -0.3 is 4.74 Å². The molecule has 0 amide bonds. The van der Waals surface area contributed by atoms with Crippen LogP contribution < -0.4 is 0 Å². The number of hydrogen-bond donors (Lipinski definition) is 0. The zero-order chi connectivity index (χ0) is 13.5. The second kappa shape index (κ2) is 7.00. The largest absolute Gasteiger partial charge is 0.458 e. The molecule has 0 heterocycles. The Morgan fingerprint density at radius 1 is 1.56 bits per heavy atom. The van der Waals surface area contributed by atoms with E-state index in [2.05, 4.69) is 32.2 Å². The van der Waals surface area contributed by atoms with Gasteiger partial charge in [-0.05, 0) is 38.5 Å². The summed E-state index contributed by atoms with van der Waals surface area (Å²) in [6, 6.07) is 0. The molecule has 0 aromatic heterocycles. The van der Waals surface area contributed by atoms with Crippen molar-refractivity contribution in [1.82, 2.24) is 0 Å². The normalized spacial score (nSPS) is 25.6. The van der Waals surface area contributed by atoms with E-state index in [0.29, 0.717) is 24.0 Å². The standard InChI is InChI=1S/C16H22O2/c1-5-14-10-13(11-15(14)6-2)8-7-9-18-16(17)12(3)4/h5-8,13-14H,1,3,9-11H2,2,4H3/b8-7+,15-6+. The predicted octanol–water partition coefficient (Wildman–Crippen LogP) is 3.82. The van der Waals surface area contributed by atoms with Crippen LogP contribution in [0.25, 0.3) is 0 Å².